The van der Waals surface area contributed by atoms with Crippen molar-refractivity contribution >= 4 is 0 Å². The van der Waals surface area contributed by atoms with E-state index in [4.69, 9.17) is 5.26 Å². The second kappa shape index (κ2) is 4.54. The van der Waals surface area contributed by atoms with Crippen molar-refractivity contribution in [1.29, 1.82) is 5.26 Å². The van der Waals surface area contributed by atoms with Crippen LogP contribution in [0.1, 0.15) is 16.8 Å². The van der Waals surface area contributed by atoms with Crippen LogP contribution in [-0.4, -0.2) is 4.98 Å². The first kappa shape index (κ1) is 10.3. The van der Waals surface area contributed by atoms with E-state index in [1.165, 1.54) is 12.3 Å². The third-order valence-electron chi connectivity index (χ3n) is 2.25. The first-order chi connectivity index (χ1) is 7.79. The summed E-state index contributed by atoms with van der Waals surface area (Å²) in [5.41, 5.74) is 1.70. The van der Waals surface area contributed by atoms with E-state index in [2.05, 4.69) is 4.98 Å². The molecule has 0 saturated heterocycles. The maximum Gasteiger partial charge on any atom is 0.176 e. The lowest BCUT2D eigenvalue weighted by molar-refractivity contribution is 0.614. The second-order valence-corrected chi connectivity index (χ2v) is 3.45. The summed E-state index contributed by atoms with van der Waals surface area (Å²) in [5, 5.41) is 8.55. The Morgan fingerprint density at radius 1 is 1.19 bits per heavy atom. The zero-order valence-corrected chi connectivity index (χ0v) is 8.52. The Morgan fingerprint density at radius 2 is 1.94 bits per heavy atom. The molecule has 1 aromatic heterocycles. The molecular weight excluding hydrogens is 203 g/mol. The van der Waals surface area contributed by atoms with Crippen molar-refractivity contribution in [3.05, 3.63) is 65.2 Å². The summed E-state index contributed by atoms with van der Waals surface area (Å²) in [5.74, 6) is -0.559. The summed E-state index contributed by atoms with van der Waals surface area (Å²) in [4.78, 5) is 3.76. The molecule has 0 aliphatic rings. The summed E-state index contributed by atoms with van der Waals surface area (Å²) >= 11 is 0. The molecule has 0 fully saturated rings. The van der Waals surface area contributed by atoms with E-state index in [0.29, 0.717) is 6.42 Å². The smallest absolute Gasteiger partial charge is 0.176 e. The van der Waals surface area contributed by atoms with E-state index in [1.54, 1.807) is 6.07 Å². The van der Waals surface area contributed by atoms with Gasteiger partial charge in [-0.2, -0.15) is 5.26 Å². The largest absolute Gasteiger partial charge is 0.242 e. The molecule has 1 heterocycles. The van der Waals surface area contributed by atoms with Crippen LogP contribution in [0.5, 0.6) is 0 Å². The summed E-state index contributed by atoms with van der Waals surface area (Å²) in [6.45, 7) is 0. The number of rotatable bonds is 2. The van der Waals surface area contributed by atoms with Gasteiger partial charge in [-0.25, -0.2) is 9.37 Å². The summed E-state index contributed by atoms with van der Waals surface area (Å²) in [7, 11) is 0. The fourth-order valence-corrected chi connectivity index (χ4v) is 1.49. The Labute approximate surface area is 93.0 Å². The van der Waals surface area contributed by atoms with Crippen LogP contribution in [0.2, 0.25) is 0 Å². The van der Waals surface area contributed by atoms with E-state index in [-0.39, 0.29) is 5.69 Å². The van der Waals surface area contributed by atoms with Crippen molar-refractivity contribution in [3.63, 3.8) is 0 Å². The Kier molecular flexibility index (Phi) is 2.93. The fraction of sp³-hybridized carbons (Fsp3) is 0.0769. The van der Waals surface area contributed by atoms with Gasteiger partial charge in [-0.05, 0) is 23.6 Å². The van der Waals surface area contributed by atoms with Gasteiger partial charge in [0, 0.05) is 6.20 Å². The van der Waals surface area contributed by atoms with E-state index in [1.807, 2.05) is 30.3 Å². The van der Waals surface area contributed by atoms with Crippen molar-refractivity contribution in [3.8, 4) is 6.07 Å². The number of hydrogen-bond acceptors (Lipinski definition) is 2. The predicted octanol–water partition coefficient (Wildman–Crippen LogP) is 2.68. The summed E-state index contributed by atoms with van der Waals surface area (Å²) in [6.07, 6.45) is 2.16. The molecule has 2 rings (SSSR count). The fourth-order valence-electron chi connectivity index (χ4n) is 1.49. The van der Waals surface area contributed by atoms with E-state index < -0.39 is 5.82 Å². The van der Waals surface area contributed by atoms with Crippen molar-refractivity contribution in [2.75, 3.05) is 0 Å². The topological polar surface area (TPSA) is 36.7 Å². The van der Waals surface area contributed by atoms with Gasteiger partial charge in [0.05, 0.1) is 0 Å². The van der Waals surface area contributed by atoms with Gasteiger partial charge in [0.1, 0.15) is 6.07 Å². The Morgan fingerprint density at radius 3 is 2.56 bits per heavy atom. The minimum atomic E-state index is -0.559. The zero-order valence-electron chi connectivity index (χ0n) is 8.52. The normalized spacial score (nSPS) is 9.75. The van der Waals surface area contributed by atoms with Crippen LogP contribution in [0.4, 0.5) is 4.39 Å². The van der Waals surface area contributed by atoms with Crippen LogP contribution in [0.15, 0.2) is 42.6 Å². The van der Waals surface area contributed by atoms with Gasteiger partial charge in [-0.1, -0.05) is 30.3 Å². The van der Waals surface area contributed by atoms with Crippen LogP contribution in [-0.2, 0) is 6.42 Å². The molecule has 16 heavy (non-hydrogen) atoms. The SMILES string of the molecule is N#Cc1ncc(Cc2ccccc2)cc1F. The highest BCUT2D eigenvalue weighted by atomic mass is 19.1. The average molecular weight is 212 g/mol. The van der Waals surface area contributed by atoms with E-state index in [9.17, 15) is 4.39 Å². The number of hydrogen-bond donors (Lipinski definition) is 0. The van der Waals surface area contributed by atoms with Crippen molar-refractivity contribution in [1.82, 2.24) is 4.98 Å². The van der Waals surface area contributed by atoms with Crippen molar-refractivity contribution in [2.24, 2.45) is 0 Å². The van der Waals surface area contributed by atoms with Crippen molar-refractivity contribution in [2.45, 2.75) is 6.42 Å². The second-order valence-electron chi connectivity index (χ2n) is 3.45. The van der Waals surface area contributed by atoms with Gasteiger partial charge >= 0.3 is 0 Å². The van der Waals surface area contributed by atoms with E-state index >= 15 is 0 Å². The maximum atomic E-state index is 13.3. The van der Waals surface area contributed by atoms with Crippen LogP contribution in [0.25, 0.3) is 0 Å². The molecule has 3 heteroatoms. The zero-order chi connectivity index (χ0) is 11.4. The highest BCUT2D eigenvalue weighted by molar-refractivity contribution is 5.29. The van der Waals surface area contributed by atoms with Gasteiger partial charge in [-0.15, -0.1) is 0 Å². The highest BCUT2D eigenvalue weighted by Gasteiger charge is 2.04. The van der Waals surface area contributed by atoms with Gasteiger partial charge < -0.3 is 0 Å². The van der Waals surface area contributed by atoms with Crippen LogP contribution in [0, 0.1) is 17.1 Å². The third kappa shape index (κ3) is 2.23. The number of benzene rings is 1. The Hall–Kier alpha value is -2.21. The molecule has 2 nitrogen and oxygen atoms in total. The molecule has 0 amide bonds. The Balaban J connectivity index is 2.24. The van der Waals surface area contributed by atoms with Gasteiger partial charge in [0.25, 0.3) is 0 Å². The molecular formula is C13H9FN2. The highest BCUT2D eigenvalue weighted by Crippen LogP contribution is 2.11. The predicted molar refractivity (Wildman–Crippen MR) is 58.2 cm³/mol. The minimum Gasteiger partial charge on any atom is -0.242 e. The van der Waals surface area contributed by atoms with Crippen molar-refractivity contribution < 1.29 is 4.39 Å². The first-order valence-corrected chi connectivity index (χ1v) is 4.88. The number of halogens is 1. The molecule has 0 unspecified atom stereocenters. The lowest BCUT2D eigenvalue weighted by Crippen LogP contribution is -1.94. The molecule has 0 spiro atoms. The van der Waals surface area contributed by atoms with Gasteiger partial charge in [0.15, 0.2) is 11.5 Å². The van der Waals surface area contributed by atoms with Gasteiger partial charge in [0.2, 0.25) is 0 Å². The average Bonchev–Trinajstić information content (AvgIpc) is 2.31. The van der Waals surface area contributed by atoms with Crippen LogP contribution >= 0.6 is 0 Å². The number of nitriles is 1. The molecule has 0 bridgehead atoms. The molecule has 1 aromatic carbocycles. The first-order valence-electron chi connectivity index (χ1n) is 4.88. The summed E-state index contributed by atoms with van der Waals surface area (Å²) < 4.78 is 13.3. The number of nitrogens with zero attached hydrogens (tertiary/aromatic N) is 2. The molecule has 0 N–H and O–H groups in total. The Bertz CT molecular complexity index is 529. The standard InChI is InChI=1S/C13H9FN2/c14-12-7-11(9-16-13(12)8-15)6-10-4-2-1-3-5-10/h1-5,7,9H,6H2. The number of aromatic nitrogens is 1. The minimum absolute atomic E-state index is 0.156. The lowest BCUT2D eigenvalue weighted by Gasteiger charge is -2.01. The lowest BCUT2D eigenvalue weighted by atomic mass is 10.1. The molecule has 0 saturated carbocycles. The molecule has 0 aliphatic heterocycles. The molecule has 2 aromatic rings. The summed E-state index contributed by atoms with van der Waals surface area (Å²) in [6, 6.07) is 12.8. The van der Waals surface area contributed by atoms with Crippen LogP contribution < -0.4 is 0 Å². The molecule has 0 aliphatic carbocycles. The molecule has 78 valence electrons. The van der Waals surface area contributed by atoms with Gasteiger partial charge in [-0.3, -0.25) is 0 Å². The third-order valence-corrected chi connectivity index (χ3v) is 2.25. The van der Waals surface area contributed by atoms with E-state index in [0.717, 1.165) is 11.1 Å². The molecule has 0 radical (unpaired) electrons. The number of pyridine rings is 1. The maximum absolute atomic E-state index is 13.3. The quantitative estimate of drug-likeness (QED) is 0.767. The van der Waals surface area contributed by atoms with Crippen LogP contribution in [0.3, 0.4) is 0 Å². The monoisotopic (exact) mass is 212 g/mol. The molecule has 0 atom stereocenters.